The summed E-state index contributed by atoms with van der Waals surface area (Å²) in [5.41, 5.74) is 2.86. The molecule has 1 aliphatic rings. The highest BCUT2D eigenvalue weighted by Crippen LogP contribution is 2.64. The molecule has 1 saturated carbocycles. The molecule has 0 aromatic heterocycles. The minimum Gasteiger partial charge on any atom is -0.330 e. The predicted molar refractivity (Wildman–Crippen MR) is 31.7 cm³/mol. The standard InChI is InChI=1S/C6H8F5N/c7-5(8)1-4(5,3-12)2-6(9,10)11/h1-3,12H2. The van der Waals surface area contributed by atoms with Gasteiger partial charge in [-0.25, -0.2) is 8.78 Å². The van der Waals surface area contributed by atoms with Crippen LogP contribution >= 0.6 is 0 Å². The number of nitrogens with two attached hydrogens (primary N) is 1. The highest BCUT2D eigenvalue weighted by Gasteiger charge is 2.72. The van der Waals surface area contributed by atoms with Gasteiger partial charge in [-0.3, -0.25) is 0 Å². The molecule has 1 unspecified atom stereocenters. The maximum atomic E-state index is 12.4. The fraction of sp³-hybridized carbons (Fsp3) is 1.00. The van der Waals surface area contributed by atoms with E-state index in [9.17, 15) is 22.0 Å². The third kappa shape index (κ3) is 1.53. The minimum atomic E-state index is -4.56. The zero-order chi connectivity index (χ0) is 9.62. The monoisotopic (exact) mass is 189 g/mol. The number of alkyl halides is 5. The average Bonchev–Trinajstić information content (AvgIpc) is 2.30. The smallest absolute Gasteiger partial charge is 0.330 e. The van der Waals surface area contributed by atoms with Crippen LogP contribution in [0.3, 0.4) is 0 Å². The van der Waals surface area contributed by atoms with Crippen LogP contribution in [0.2, 0.25) is 0 Å². The van der Waals surface area contributed by atoms with Crippen molar-refractivity contribution in [1.82, 2.24) is 0 Å². The van der Waals surface area contributed by atoms with E-state index in [1.165, 1.54) is 0 Å². The Kier molecular flexibility index (Phi) is 1.86. The summed E-state index contributed by atoms with van der Waals surface area (Å²) < 4.78 is 60.0. The normalized spacial score (nSPS) is 33.5. The van der Waals surface area contributed by atoms with Crippen LogP contribution in [-0.2, 0) is 0 Å². The van der Waals surface area contributed by atoms with E-state index in [2.05, 4.69) is 0 Å². The van der Waals surface area contributed by atoms with Gasteiger partial charge in [-0.1, -0.05) is 0 Å². The second kappa shape index (κ2) is 2.31. The molecular formula is C6H8F5N. The van der Waals surface area contributed by atoms with Gasteiger partial charge in [-0.2, -0.15) is 13.2 Å². The van der Waals surface area contributed by atoms with Crippen LogP contribution in [0, 0.1) is 5.41 Å². The van der Waals surface area contributed by atoms with Crippen LogP contribution in [0.5, 0.6) is 0 Å². The third-order valence-electron chi connectivity index (χ3n) is 2.14. The molecule has 0 aromatic carbocycles. The molecule has 0 bridgehead atoms. The maximum Gasteiger partial charge on any atom is 0.389 e. The van der Waals surface area contributed by atoms with Crippen molar-refractivity contribution in [3.8, 4) is 0 Å². The van der Waals surface area contributed by atoms with E-state index in [-0.39, 0.29) is 0 Å². The lowest BCUT2D eigenvalue weighted by atomic mass is 10.0. The van der Waals surface area contributed by atoms with Gasteiger partial charge in [0.15, 0.2) is 0 Å². The van der Waals surface area contributed by atoms with E-state index in [0.717, 1.165) is 0 Å². The molecule has 0 heterocycles. The van der Waals surface area contributed by atoms with Crippen molar-refractivity contribution in [3.63, 3.8) is 0 Å². The highest BCUT2D eigenvalue weighted by molar-refractivity contribution is 5.11. The van der Waals surface area contributed by atoms with E-state index < -0.39 is 36.9 Å². The number of hydrogen-bond donors (Lipinski definition) is 1. The molecule has 12 heavy (non-hydrogen) atoms. The summed E-state index contributed by atoms with van der Waals surface area (Å²) in [7, 11) is 0. The van der Waals surface area contributed by atoms with Gasteiger partial charge in [0.05, 0.1) is 11.8 Å². The largest absolute Gasteiger partial charge is 0.389 e. The molecule has 1 nitrogen and oxygen atoms in total. The molecule has 2 N–H and O–H groups in total. The van der Waals surface area contributed by atoms with E-state index in [1.807, 2.05) is 0 Å². The van der Waals surface area contributed by atoms with E-state index in [1.54, 1.807) is 0 Å². The minimum absolute atomic E-state index is 0.612. The molecule has 0 saturated heterocycles. The summed E-state index contributed by atoms with van der Waals surface area (Å²) in [6.07, 6.45) is -6.78. The summed E-state index contributed by atoms with van der Waals surface area (Å²) in [6.45, 7) is -0.612. The first-order valence-corrected chi connectivity index (χ1v) is 3.37. The van der Waals surface area contributed by atoms with Crippen LogP contribution in [-0.4, -0.2) is 18.6 Å². The van der Waals surface area contributed by atoms with Crippen LogP contribution < -0.4 is 5.73 Å². The Morgan fingerprint density at radius 2 is 1.67 bits per heavy atom. The Balaban J connectivity index is 2.62. The molecule has 1 fully saturated rings. The van der Waals surface area contributed by atoms with Gasteiger partial charge in [-0.05, 0) is 0 Å². The summed E-state index contributed by atoms with van der Waals surface area (Å²) in [5.74, 6) is -3.22. The lowest BCUT2D eigenvalue weighted by Gasteiger charge is -2.15. The molecule has 0 amide bonds. The summed E-state index contributed by atoms with van der Waals surface area (Å²) in [4.78, 5) is 0. The number of hydrogen-bond acceptors (Lipinski definition) is 1. The highest BCUT2D eigenvalue weighted by atomic mass is 19.4. The van der Waals surface area contributed by atoms with Crippen LogP contribution in [0.1, 0.15) is 12.8 Å². The Hall–Kier alpha value is -0.390. The van der Waals surface area contributed by atoms with Gasteiger partial charge in [0.1, 0.15) is 0 Å². The topological polar surface area (TPSA) is 26.0 Å². The first-order chi connectivity index (χ1) is 5.22. The summed E-state index contributed by atoms with van der Waals surface area (Å²) in [5, 5.41) is 0. The molecule has 0 aliphatic heterocycles. The fourth-order valence-corrected chi connectivity index (χ4v) is 1.25. The van der Waals surface area contributed by atoms with Crippen LogP contribution in [0.15, 0.2) is 0 Å². The first-order valence-electron chi connectivity index (χ1n) is 3.37. The summed E-state index contributed by atoms with van der Waals surface area (Å²) in [6, 6.07) is 0. The van der Waals surface area contributed by atoms with Gasteiger partial charge in [0, 0.05) is 13.0 Å². The van der Waals surface area contributed by atoms with Crippen LogP contribution in [0.4, 0.5) is 22.0 Å². The van der Waals surface area contributed by atoms with E-state index in [4.69, 9.17) is 5.73 Å². The molecule has 1 atom stereocenters. The van der Waals surface area contributed by atoms with Gasteiger partial charge >= 0.3 is 6.18 Å². The van der Waals surface area contributed by atoms with Crippen LogP contribution in [0.25, 0.3) is 0 Å². The quantitative estimate of drug-likeness (QED) is 0.660. The van der Waals surface area contributed by atoms with Gasteiger partial charge < -0.3 is 5.73 Å². The van der Waals surface area contributed by atoms with Crippen molar-refractivity contribution >= 4 is 0 Å². The molecule has 0 aromatic rings. The molecular weight excluding hydrogens is 181 g/mol. The molecule has 1 aliphatic carbocycles. The van der Waals surface area contributed by atoms with Crippen molar-refractivity contribution in [3.05, 3.63) is 0 Å². The molecule has 0 radical (unpaired) electrons. The first kappa shape index (κ1) is 9.70. The van der Waals surface area contributed by atoms with Crippen molar-refractivity contribution in [2.24, 2.45) is 11.1 Å². The fourth-order valence-electron chi connectivity index (χ4n) is 1.25. The zero-order valence-corrected chi connectivity index (χ0v) is 6.09. The second-order valence-electron chi connectivity index (χ2n) is 3.16. The van der Waals surface area contributed by atoms with Gasteiger partial charge in [0.2, 0.25) is 0 Å². The lowest BCUT2D eigenvalue weighted by Crippen LogP contribution is -2.28. The molecule has 6 heteroatoms. The van der Waals surface area contributed by atoms with Crippen molar-refractivity contribution in [2.75, 3.05) is 6.54 Å². The number of rotatable bonds is 2. The SMILES string of the molecule is NCC1(CC(F)(F)F)CC1(F)F. The molecule has 0 spiro atoms. The Labute approximate surface area is 65.7 Å². The predicted octanol–water partition coefficient (Wildman–Crippen LogP) is 1.92. The van der Waals surface area contributed by atoms with Crippen molar-refractivity contribution in [2.45, 2.75) is 24.9 Å². The van der Waals surface area contributed by atoms with E-state index >= 15 is 0 Å². The van der Waals surface area contributed by atoms with Crippen molar-refractivity contribution < 1.29 is 22.0 Å². The molecule has 72 valence electrons. The van der Waals surface area contributed by atoms with Gasteiger partial charge in [0.25, 0.3) is 5.92 Å². The third-order valence-corrected chi connectivity index (χ3v) is 2.14. The van der Waals surface area contributed by atoms with Crippen molar-refractivity contribution in [1.29, 1.82) is 0 Å². The summed E-state index contributed by atoms with van der Waals surface area (Å²) >= 11 is 0. The average molecular weight is 189 g/mol. The Morgan fingerprint density at radius 3 is 1.75 bits per heavy atom. The van der Waals surface area contributed by atoms with E-state index in [0.29, 0.717) is 0 Å². The number of halogens is 5. The Morgan fingerprint density at radius 1 is 1.25 bits per heavy atom. The van der Waals surface area contributed by atoms with Gasteiger partial charge in [-0.15, -0.1) is 0 Å². The molecule has 1 rings (SSSR count). The second-order valence-corrected chi connectivity index (χ2v) is 3.16. The maximum absolute atomic E-state index is 12.4. The Bertz CT molecular complexity index is 187. The lowest BCUT2D eigenvalue weighted by molar-refractivity contribution is -0.155. The zero-order valence-electron chi connectivity index (χ0n) is 6.09.